The number of hydrogen-bond donors (Lipinski definition) is 1. The van der Waals surface area contributed by atoms with Crippen molar-refractivity contribution in [2.45, 2.75) is 44.1 Å². The molecule has 1 saturated heterocycles. The number of benzene rings is 1. The Morgan fingerprint density at radius 1 is 1.12 bits per heavy atom. The highest BCUT2D eigenvalue weighted by Crippen LogP contribution is 2.33. The first-order valence-electron chi connectivity index (χ1n) is 6.92. The van der Waals surface area contributed by atoms with Crippen molar-refractivity contribution in [3.8, 4) is 0 Å². The molecule has 2 N–H and O–H groups in total. The average Bonchev–Trinajstić information content (AvgIpc) is 3.00. The van der Waals surface area contributed by atoms with Crippen molar-refractivity contribution < 1.29 is 0 Å². The molecule has 1 aliphatic heterocycles. The van der Waals surface area contributed by atoms with E-state index in [1.54, 1.807) is 0 Å². The van der Waals surface area contributed by atoms with Gasteiger partial charge in [0.2, 0.25) is 0 Å². The lowest BCUT2D eigenvalue weighted by Crippen LogP contribution is -2.30. The zero-order chi connectivity index (χ0) is 11.7. The van der Waals surface area contributed by atoms with Gasteiger partial charge in [0.15, 0.2) is 0 Å². The molecule has 2 nitrogen and oxygen atoms in total. The summed E-state index contributed by atoms with van der Waals surface area (Å²) in [6.45, 7) is 2.53. The predicted molar refractivity (Wildman–Crippen MR) is 72.0 cm³/mol. The third-order valence-corrected chi connectivity index (χ3v) is 4.44. The van der Waals surface area contributed by atoms with Crippen LogP contribution in [-0.4, -0.2) is 24.0 Å². The van der Waals surface area contributed by atoms with Crippen LogP contribution in [0.4, 0.5) is 5.69 Å². The maximum Gasteiger partial charge on any atom is 0.0316 e. The van der Waals surface area contributed by atoms with E-state index >= 15 is 0 Å². The SMILES string of the molecule is Nc1cccc(C2CCN(C3CCCC3)C2)c1. The van der Waals surface area contributed by atoms with Crippen LogP contribution in [0.15, 0.2) is 24.3 Å². The van der Waals surface area contributed by atoms with Gasteiger partial charge in [-0.05, 0) is 49.4 Å². The van der Waals surface area contributed by atoms with Crippen LogP contribution >= 0.6 is 0 Å². The molecule has 3 rings (SSSR count). The van der Waals surface area contributed by atoms with Crippen LogP contribution in [0.25, 0.3) is 0 Å². The van der Waals surface area contributed by atoms with Gasteiger partial charge in [-0.2, -0.15) is 0 Å². The minimum atomic E-state index is 0.707. The molecule has 0 spiro atoms. The number of rotatable bonds is 2. The smallest absolute Gasteiger partial charge is 0.0316 e. The Labute approximate surface area is 104 Å². The molecule has 0 radical (unpaired) electrons. The molecular formula is C15H22N2. The van der Waals surface area contributed by atoms with E-state index < -0.39 is 0 Å². The average molecular weight is 230 g/mol. The molecule has 0 aromatic heterocycles. The maximum absolute atomic E-state index is 5.87. The highest BCUT2D eigenvalue weighted by atomic mass is 15.2. The van der Waals surface area contributed by atoms with E-state index in [0.717, 1.165) is 11.7 Å². The molecule has 2 fully saturated rings. The van der Waals surface area contributed by atoms with Gasteiger partial charge < -0.3 is 5.73 Å². The Kier molecular flexibility index (Phi) is 3.06. The lowest BCUT2D eigenvalue weighted by molar-refractivity contribution is 0.243. The minimum absolute atomic E-state index is 0.707. The van der Waals surface area contributed by atoms with Crippen molar-refractivity contribution >= 4 is 5.69 Å². The topological polar surface area (TPSA) is 29.3 Å². The van der Waals surface area contributed by atoms with E-state index in [1.807, 2.05) is 6.07 Å². The molecule has 1 saturated carbocycles. The number of anilines is 1. The maximum atomic E-state index is 5.87. The third-order valence-electron chi connectivity index (χ3n) is 4.44. The summed E-state index contributed by atoms with van der Waals surface area (Å²) in [4.78, 5) is 2.71. The summed E-state index contributed by atoms with van der Waals surface area (Å²) in [5.41, 5.74) is 8.21. The molecular weight excluding hydrogens is 208 g/mol. The summed E-state index contributed by atoms with van der Waals surface area (Å²) in [6, 6.07) is 9.33. The standard InChI is InChI=1S/C15H22N2/c16-14-5-3-4-12(10-14)13-8-9-17(11-13)15-6-1-2-7-15/h3-5,10,13,15H,1-2,6-9,11,16H2. The molecule has 1 aromatic rings. The van der Waals surface area contributed by atoms with Gasteiger partial charge in [-0.3, -0.25) is 4.90 Å². The van der Waals surface area contributed by atoms with Gasteiger partial charge in [-0.1, -0.05) is 25.0 Å². The highest BCUT2D eigenvalue weighted by molar-refractivity contribution is 5.42. The van der Waals surface area contributed by atoms with Crippen LogP contribution in [0.1, 0.15) is 43.6 Å². The van der Waals surface area contributed by atoms with Crippen LogP contribution in [0, 0.1) is 0 Å². The molecule has 1 atom stereocenters. The van der Waals surface area contributed by atoms with Gasteiger partial charge in [0.05, 0.1) is 0 Å². The number of nitrogen functional groups attached to an aromatic ring is 1. The molecule has 92 valence electrons. The predicted octanol–water partition coefficient (Wildman–Crippen LogP) is 3.00. The third kappa shape index (κ3) is 2.32. The summed E-state index contributed by atoms with van der Waals surface area (Å²) in [7, 11) is 0. The first-order valence-corrected chi connectivity index (χ1v) is 6.92. The van der Waals surface area contributed by atoms with E-state index in [-0.39, 0.29) is 0 Å². The first kappa shape index (κ1) is 11.1. The van der Waals surface area contributed by atoms with Gasteiger partial charge in [0.1, 0.15) is 0 Å². The van der Waals surface area contributed by atoms with Crippen molar-refractivity contribution in [1.29, 1.82) is 0 Å². The summed E-state index contributed by atoms with van der Waals surface area (Å²) in [5, 5.41) is 0. The number of hydrogen-bond acceptors (Lipinski definition) is 2. The van der Waals surface area contributed by atoms with E-state index in [9.17, 15) is 0 Å². The quantitative estimate of drug-likeness (QED) is 0.791. The Bertz CT molecular complexity index is 382. The summed E-state index contributed by atoms with van der Waals surface area (Å²) in [5.74, 6) is 0.707. The van der Waals surface area contributed by atoms with Gasteiger partial charge in [-0.15, -0.1) is 0 Å². The second-order valence-electron chi connectivity index (χ2n) is 5.59. The van der Waals surface area contributed by atoms with Crippen molar-refractivity contribution in [3.05, 3.63) is 29.8 Å². The van der Waals surface area contributed by atoms with Crippen LogP contribution in [0.3, 0.4) is 0 Å². The number of nitrogens with two attached hydrogens (primary N) is 1. The van der Waals surface area contributed by atoms with Crippen LogP contribution in [0.2, 0.25) is 0 Å². The Morgan fingerprint density at radius 2 is 1.94 bits per heavy atom. The summed E-state index contributed by atoms with van der Waals surface area (Å²) >= 11 is 0. The zero-order valence-electron chi connectivity index (χ0n) is 10.4. The van der Waals surface area contributed by atoms with E-state index in [4.69, 9.17) is 5.73 Å². The second kappa shape index (κ2) is 4.69. The minimum Gasteiger partial charge on any atom is -0.399 e. The second-order valence-corrected chi connectivity index (χ2v) is 5.59. The highest BCUT2D eigenvalue weighted by Gasteiger charge is 2.30. The van der Waals surface area contributed by atoms with Crippen molar-refractivity contribution in [2.24, 2.45) is 0 Å². The van der Waals surface area contributed by atoms with Crippen molar-refractivity contribution in [1.82, 2.24) is 4.90 Å². The largest absolute Gasteiger partial charge is 0.399 e. The van der Waals surface area contributed by atoms with E-state index in [1.165, 1.54) is 50.8 Å². The van der Waals surface area contributed by atoms with Gasteiger partial charge >= 0.3 is 0 Å². The molecule has 1 heterocycles. The molecule has 0 bridgehead atoms. The van der Waals surface area contributed by atoms with Gasteiger partial charge in [0, 0.05) is 18.3 Å². The molecule has 2 aliphatic rings. The van der Waals surface area contributed by atoms with Gasteiger partial charge in [-0.25, -0.2) is 0 Å². The van der Waals surface area contributed by atoms with Gasteiger partial charge in [0.25, 0.3) is 0 Å². The number of nitrogens with zero attached hydrogens (tertiary/aromatic N) is 1. The summed E-state index contributed by atoms with van der Waals surface area (Å²) < 4.78 is 0. The lowest BCUT2D eigenvalue weighted by Gasteiger charge is -2.23. The van der Waals surface area contributed by atoms with Crippen LogP contribution in [0.5, 0.6) is 0 Å². The Morgan fingerprint density at radius 3 is 2.71 bits per heavy atom. The molecule has 1 unspecified atom stereocenters. The van der Waals surface area contributed by atoms with Crippen molar-refractivity contribution in [2.75, 3.05) is 18.8 Å². The Hall–Kier alpha value is -1.02. The molecule has 0 amide bonds. The number of likely N-dealkylation sites (tertiary alicyclic amines) is 1. The lowest BCUT2D eigenvalue weighted by atomic mass is 9.98. The van der Waals surface area contributed by atoms with Crippen LogP contribution < -0.4 is 5.73 Å². The molecule has 2 heteroatoms. The Balaban J connectivity index is 1.67. The van der Waals surface area contributed by atoms with Crippen LogP contribution in [-0.2, 0) is 0 Å². The molecule has 17 heavy (non-hydrogen) atoms. The monoisotopic (exact) mass is 230 g/mol. The van der Waals surface area contributed by atoms with Crippen molar-refractivity contribution in [3.63, 3.8) is 0 Å². The fourth-order valence-corrected chi connectivity index (χ4v) is 3.47. The molecule has 1 aromatic carbocycles. The van der Waals surface area contributed by atoms with E-state index in [0.29, 0.717) is 5.92 Å². The fourth-order valence-electron chi connectivity index (χ4n) is 3.47. The zero-order valence-corrected chi connectivity index (χ0v) is 10.4. The first-order chi connectivity index (χ1) is 8.33. The summed E-state index contributed by atoms with van der Waals surface area (Å²) in [6.07, 6.45) is 7.02. The normalized spacial score (nSPS) is 26.7. The molecule has 1 aliphatic carbocycles. The van der Waals surface area contributed by atoms with E-state index in [2.05, 4.69) is 23.1 Å². The fraction of sp³-hybridized carbons (Fsp3) is 0.600.